The summed E-state index contributed by atoms with van der Waals surface area (Å²) in [4.78, 5) is 18.3. The fourth-order valence-corrected chi connectivity index (χ4v) is 4.43. The summed E-state index contributed by atoms with van der Waals surface area (Å²) in [6, 6.07) is 20.8. The number of carbonyl (C=O) groups excluding carboxylic acids is 1. The fourth-order valence-electron chi connectivity index (χ4n) is 4.16. The first-order chi connectivity index (χ1) is 18.5. The van der Waals surface area contributed by atoms with E-state index < -0.39 is 5.54 Å². The predicted octanol–water partition coefficient (Wildman–Crippen LogP) is 3.52. The van der Waals surface area contributed by atoms with Crippen molar-refractivity contribution in [2.75, 3.05) is 26.6 Å². The third-order valence-corrected chi connectivity index (χ3v) is 6.73. The second-order valence-corrected chi connectivity index (χ2v) is 9.90. The van der Waals surface area contributed by atoms with Gasteiger partial charge >= 0.3 is 0 Å². The average molecular weight is 582 g/mol. The molecule has 0 spiro atoms. The third kappa shape index (κ3) is 6.09. The van der Waals surface area contributed by atoms with E-state index in [4.69, 9.17) is 29.0 Å². The second kappa shape index (κ2) is 11.8. The summed E-state index contributed by atoms with van der Waals surface area (Å²) in [5.41, 5.74) is 7.33. The number of nitrogens with one attached hydrogen (secondary N) is 2. The summed E-state index contributed by atoms with van der Waals surface area (Å²) in [6.07, 6.45) is 0.928. The van der Waals surface area contributed by atoms with Crippen molar-refractivity contribution < 1.29 is 28.8 Å². The molecule has 2 aliphatic heterocycles. The van der Waals surface area contributed by atoms with Gasteiger partial charge in [0.05, 0.1) is 6.61 Å². The zero-order valence-corrected chi connectivity index (χ0v) is 22.2. The van der Waals surface area contributed by atoms with Gasteiger partial charge < -0.3 is 24.1 Å². The molecule has 5 rings (SSSR count). The number of fused-ring (bicyclic) bond motifs is 1. The van der Waals surface area contributed by atoms with Gasteiger partial charge in [-0.25, -0.2) is 10.4 Å². The molecule has 0 aromatic heterocycles. The Kier molecular flexibility index (Phi) is 8.11. The lowest BCUT2D eigenvalue weighted by atomic mass is 9.91. The monoisotopic (exact) mass is 581 g/mol. The molecule has 2 aliphatic rings. The lowest BCUT2D eigenvalue weighted by Crippen LogP contribution is -2.52. The number of carbonyl (C=O) groups is 1. The first kappa shape index (κ1) is 26.0. The van der Waals surface area contributed by atoms with Crippen LogP contribution in [0.4, 0.5) is 0 Å². The molecule has 0 radical (unpaired) electrons. The molecule has 0 bridgehead atoms. The molecule has 0 fully saturated rings. The van der Waals surface area contributed by atoms with Crippen LogP contribution in [0.3, 0.4) is 0 Å². The van der Waals surface area contributed by atoms with E-state index in [1.54, 1.807) is 0 Å². The van der Waals surface area contributed by atoms with Gasteiger partial charge in [-0.3, -0.25) is 10.2 Å². The van der Waals surface area contributed by atoms with Gasteiger partial charge in [0.2, 0.25) is 12.7 Å². The van der Waals surface area contributed by atoms with E-state index in [0.29, 0.717) is 49.1 Å². The molecule has 9 nitrogen and oxygen atoms in total. The Morgan fingerprint density at radius 3 is 2.55 bits per heavy atom. The highest BCUT2D eigenvalue weighted by Crippen LogP contribution is 2.32. The molecule has 0 aliphatic carbocycles. The molecule has 3 aromatic carbocycles. The topological polar surface area (TPSA) is 111 Å². The first-order valence-corrected chi connectivity index (χ1v) is 13.1. The number of benzene rings is 3. The van der Waals surface area contributed by atoms with E-state index >= 15 is 0 Å². The van der Waals surface area contributed by atoms with Gasteiger partial charge in [-0.05, 0) is 59.7 Å². The molecule has 1 atom stereocenters. The quantitative estimate of drug-likeness (QED) is 0.235. The Morgan fingerprint density at radius 2 is 1.76 bits per heavy atom. The van der Waals surface area contributed by atoms with Gasteiger partial charge in [0.15, 0.2) is 17.0 Å². The van der Waals surface area contributed by atoms with Crippen molar-refractivity contribution in [2.24, 2.45) is 4.99 Å². The molecule has 198 valence electrons. The summed E-state index contributed by atoms with van der Waals surface area (Å²) < 4.78 is 23.3. The lowest BCUT2D eigenvalue weighted by molar-refractivity contribution is -0.127. The predicted molar refractivity (Wildman–Crippen MR) is 144 cm³/mol. The summed E-state index contributed by atoms with van der Waals surface area (Å²) in [7, 11) is 0. The standard InChI is InChI=1S/C28H28BrN3O6/c29-22-7-2-19(3-8-22)15-28(27(34)32-30-16-20-4-11-24-25(14-20)38-18-37-24)17-36-26(31-28)21-5-9-23(10-6-21)35-13-1-12-33/h2-11,14,30,33H,1,12-13,15-18H2,(H,32,34)/t28-/m0/s1. The fraction of sp³-hybridized carbons (Fsp3) is 0.286. The van der Waals surface area contributed by atoms with Crippen LogP contribution < -0.4 is 25.1 Å². The Balaban J connectivity index is 1.30. The van der Waals surface area contributed by atoms with Crippen molar-refractivity contribution in [1.82, 2.24) is 10.9 Å². The summed E-state index contributed by atoms with van der Waals surface area (Å²) in [6.45, 7) is 1.22. The van der Waals surface area contributed by atoms with Crippen molar-refractivity contribution in [3.63, 3.8) is 0 Å². The number of rotatable bonds is 11. The van der Waals surface area contributed by atoms with Crippen molar-refractivity contribution >= 4 is 27.7 Å². The van der Waals surface area contributed by atoms with Crippen LogP contribution >= 0.6 is 15.9 Å². The van der Waals surface area contributed by atoms with Crippen molar-refractivity contribution in [3.05, 3.63) is 87.9 Å². The lowest BCUT2D eigenvalue weighted by Gasteiger charge is -2.23. The number of nitrogens with zero attached hydrogens (tertiary/aromatic N) is 1. The number of hydrazine groups is 1. The maximum atomic E-state index is 13.5. The molecule has 38 heavy (non-hydrogen) atoms. The summed E-state index contributed by atoms with van der Waals surface area (Å²) in [5.74, 6) is 2.19. The maximum absolute atomic E-state index is 13.5. The Hall–Kier alpha value is -3.60. The van der Waals surface area contributed by atoms with Crippen molar-refractivity contribution in [3.8, 4) is 17.2 Å². The highest BCUT2D eigenvalue weighted by atomic mass is 79.9. The second-order valence-electron chi connectivity index (χ2n) is 8.99. The smallest absolute Gasteiger partial charge is 0.266 e. The van der Waals surface area contributed by atoms with Crippen LogP contribution in [0.1, 0.15) is 23.1 Å². The van der Waals surface area contributed by atoms with Gasteiger partial charge in [0.25, 0.3) is 5.91 Å². The zero-order valence-electron chi connectivity index (χ0n) is 20.6. The number of aliphatic hydroxyl groups is 1. The van der Waals surface area contributed by atoms with E-state index in [9.17, 15) is 4.79 Å². The van der Waals surface area contributed by atoms with Crippen LogP contribution in [-0.2, 0) is 22.5 Å². The minimum absolute atomic E-state index is 0.0802. The molecule has 3 aromatic rings. The number of aliphatic hydroxyl groups excluding tert-OH is 1. The number of ether oxygens (including phenoxy) is 4. The highest BCUT2D eigenvalue weighted by molar-refractivity contribution is 9.10. The third-order valence-electron chi connectivity index (χ3n) is 6.20. The molecule has 0 unspecified atom stereocenters. The highest BCUT2D eigenvalue weighted by Gasteiger charge is 2.44. The number of hydrogen-bond donors (Lipinski definition) is 3. The van der Waals surface area contributed by atoms with Crippen LogP contribution in [0.25, 0.3) is 0 Å². The van der Waals surface area contributed by atoms with Gasteiger partial charge in [-0.2, -0.15) is 0 Å². The molecule has 0 saturated carbocycles. The summed E-state index contributed by atoms with van der Waals surface area (Å²) >= 11 is 3.46. The largest absolute Gasteiger partial charge is 0.494 e. The van der Waals surface area contributed by atoms with E-state index in [1.807, 2.05) is 66.7 Å². The number of aliphatic imine (C=N–C) groups is 1. The van der Waals surface area contributed by atoms with Crippen molar-refractivity contribution in [2.45, 2.75) is 24.9 Å². The van der Waals surface area contributed by atoms with Crippen LogP contribution in [0.5, 0.6) is 17.2 Å². The molecular formula is C28H28BrN3O6. The van der Waals surface area contributed by atoms with Gasteiger partial charge in [0.1, 0.15) is 12.4 Å². The van der Waals surface area contributed by atoms with Crippen LogP contribution in [0.15, 0.2) is 76.2 Å². The van der Waals surface area contributed by atoms with E-state index in [1.165, 1.54) is 0 Å². The van der Waals surface area contributed by atoms with Gasteiger partial charge in [-0.1, -0.05) is 34.1 Å². The molecular weight excluding hydrogens is 554 g/mol. The van der Waals surface area contributed by atoms with Crippen molar-refractivity contribution in [1.29, 1.82) is 0 Å². The first-order valence-electron chi connectivity index (χ1n) is 12.3. The molecule has 10 heteroatoms. The minimum Gasteiger partial charge on any atom is -0.494 e. The van der Waals surface area contributed by atoms with Crippen LogP contribution in [-0.4, -0.2) is 49.1 Å². The Morgan fingerprint density at radius 1 is 1.00 bits per heavy atom. The molecule has 3 N–H and O–H groups in total. The molecule has 2 heterocycles. The number of amides is 1. The zero-order chi connectivity index (χ0) is 26.4. The maximum Gasteiger partial charge on any atom is 0.266 e. The van der Waals surface area contributed by atoms with E-state index in [-0.39, 0.29) is 25.9 Å². The van der Waals surface area contributed by atoms with Gasteiger partial charge in [-0.15, -0.1) is 0 Å². The number of hydrogen-bond acceptors (Lipinski definition) is 8. The average Bonchev–Trinajstić information content (AvgIpc) is 3.58. The van der Waals surface area contributed by atoms with E-state index in [2.05, 4.69) is 26.8 Å². The number of halogens is 1. The SMILES string of the molecule is O=C(NNCc1ccc2c(c1)OCO2)[C@]1(Cc2ccc(Br)cc2)COC(c2ccc(OCCCO)cc2)=N1. The van der Waals surface area contributed by atoms with E-state index in [0.717, 1.165) is 21.2 Å². The molecule has 0 saturated heterocycles. The minimum atomic E-state index is -1.15. The summed E-state index contributed by atoms with van der Waals surface area (Å²) in [5, 5.41) is 8.93. The molecule has 1 amide bonds. The van der Waals surface area contributed by atoms with Crippen LogP contribution in [0, 0.1) is 0 Å². The Labute approximate surface area is 228 Å². The Bertz CT molecular complexity index is 1300. The van der Waals surface area contributed by atoms with Gasteiger partial charge in [0, 0.05) is 36.0 Å². The van der Waals surface area contributed by atoms with Crippen LogP contribution in [0.2, 0.25) is 0 Å². The normalized spacial score (nSPS) is 17.6.